The number of nitrogens with zero attached hydrogens (tertiary/aromatic N) is 1. The maximum Gasteiger partial charge on any atom is 0.256 e. The smallest absolute Gasteiger partial charge is 0.256 e. The molecule has 0 saturated carbocycles. The summed E-state index contributed by atoms with van der Waals surface area (Å²) in [5.74, 6) is 1.56. The highest BCUT2D eigenvalue weighted by molar-refractivity contribution is 6.00. The molecular weight excluding hydrogens is 256 g/mol. The molecule has 2 rings (SSSR count). The molecule has 1 amide bonds. The van der Waals surface area contributed by atoms with Gasteiger partial charge in [0, 0.05) is 24.8 Å². The van der Waals surface area contributed by atoms with E-state index in [0.717, 1.165) is 19.5 Å². The molecule has 1 fully saturated rings. The topological polar surface area (TPSA) is 64.8 Å². The quantitative estimate of drug-likeness (QED) is 0.860. The van der Waals surface area contributed by atoms with Gasteiger partial charge in [-0.25, -0.2) is 0 Å². The highest BCUT2D eigenvalue weighted by Crippen LogP contribution is 2.33. The third kappa shape index (κ3) is 2.81. The number of methoxy groups -OCH3 is 2. The minimum Gasteiger partial charge on any atom is -0.493 e. The van der Waals surface area contributed by atoms with E-state index < -0.39 is 0 Å². The van der Waals surface area contributed by atoms with Crippen molar-refractivity contribution in [1.29, 1.82) is 0 Å². The number of piperidine rings is 1. The Kier molecular flexibility index (Phi) is 4.37. The standard InChI is InChI=1S/C15H22N2O3/c1-10-5-4-6-17(9-10)15(18)11-7-13(19-2)14(20-3)8-12(11)16/h7-8,10H,4-6,9,16H2,1-3H3/t10-/m0/s1. The number of amides is 1. The number of benzene rings is 1. The van der Waals surface area contributed by atoms with Gasteiger partial charge in [0.2, 0.25) is 0 Å². The van der Waals surface area contributed by atoms with Gasteiger partial charge in [-0.05, 0) is 24.8 Å². The second-order valence-electron chi connectivity index (χ2n) is 5.29. The summed E-state index contributed by atoms with van der Waals surface area (Å²) < 4.78 is 10.4. The van der Waals surface area contributed by atoms with Crippen molar-refractivity contribution < 1.29 is 14.3 Å². The van der Waals surface area contributed by atoms with E-state index in [9.17, 15) is 4.79 Å². The number of nitrogens with two attached hydrogens (primary N) is 1. The molecule has 2 N–H and O–H groups in total. The lowest BCUT2D eigenvalue weighted by atomic mass is 9.99. The van der Waals surface area contributed by atoms with E-state index in [2.05, 4.69) is 6.92 Å². The van der Waals surface area contributed by atoms with E-state index >= 15 is 0 Å². The van der Waals surface area contributed by atoms with Gasteiger partial charge < -0.3 is 20.1 Å². The lowest BCUT2D eigenvalue weighted by Gasteiger charge is -2.31. The first-order chi connectivity index (χ1) is 9.56. The second-order valence-corrected chi connectivity index (χ2v) is 5.29. The predicted molar refractivity (Wildman–Crippen MR) is 78.3 cm³/mol. The molecule has 0 aliphatic carbocycles. The summed E-state index contributed by atoms with van der Waals surface area (Å²) in [6.45, 7) is 3.74. The zero-order valence-corrected chi connectivity index (χ0v) is 12.3. The van der Waals surface area contributed by atoms with Gasteiger partial charge in [-0.15, -0.1) is 0 Å². The number of hydrogen-bond acceptors (Lipinski definition) is 4. The molecule has 20 heavy (non-hydrogen) atoms. The van der Waals surface area contributed by atoms with Crippen LogP contribution in [0.5, 0.6) is 11.5 Å². The molecule has 1 aliphatic rings. The minimum atomic E-state index is -0.0324. The molecule has 0 unspecified atom stereocenters. The van der Waals surface area contributed by atoms with E-state index in [1.54, 1.807) is 26.4 Å². The summed E-state index contributed by atoms with van der Waals surface area (Å²) in [4.78, 5) is 14.5. The third-order valence-corrected chi connectivity index (χ3v) is 3.73. The van der Waals surface area contributed by atoms with Crippen LogP contribution in [0.1, 0.15) is 30.1 Å². The second kappa shape index (κ2) is 6.03. The Balaban J connectivity index is 2.29. The fourth-order valence-corrected chi connectivity index (χ4v) is 2.62. The van der Waals surface area contributed by atoms with E-state index in [1.165, 1.54) is 6.42 Å². The number of carbonyl (C=O) groups is 1. The van der Waals surface area contributed by atoms with Gasteiger partial charge in [-0.1, -0.05) is 6.92 Å². The third-order valence-electron chi connectivity index (χ3n) is 3.73. The Bertz CT molecular complexity index is 502. The maximum absolute atomic E-state index is 12.6. The van der Waals surface area contributed by atoms with E-state index in [-0.39, 0.29) is 5.91 Å². The first kappa shape index (κ1) is 14.5. The zero-order chi connectivity index (χ0) is 14.7. The van der Waals surface area contributed by atoms with Crippen molar-refractivity contribution in [2.45, 2.75) is 19.8 Å². The monoisotopic (exact) mass is 278 g/mol. The first-order valence-electron chi connectivity index (χ1n) is 6.87. The van der Waals surface area contributed by atoms with Crippen LogP contribution in [0, 0.1) is 5.92 Å². The van der Waals surface area contributed by atoms with Crippen molar-refractivity contribution in [2.24, 2.45) is 5.92 Å². The highest BCUT2D eigenvalue weighted by atomic mass is 16.5. The average molecular weight is 278 g/mol. The minimum absolute atomic E-state index is 0.0324. The van der Waals surface area contributed by atoms with Crippen molar-refractivity contribution in [3.8, 4) is 11.5 Å². The van der Waals surface area contributed by atoms with Gasteiger partial charge in [-0.2, -0.15) is 0 Å². The maximum atomic E-state index is 12.6. The molecule has 5 heteroatoms. The number of nitrogen functional groups attached to an aromatic ring is 1. The fourth-order valence-electron chi connectivity index (χ4n) is 2.62. The average Bonchev–Trinajstić information content (AvgIpc) is 2.46. The van der Waals surface area contributed by atoms with E-state index in [4.69, 9.17) is 15.2 Å². The number of rotatable bonds is 3. The van der Waals surface area contributed by atoms with Crippen LogP contribution in [-0.4, -0.2) is 38.1 Å². The molecule has 1 atom stereocenters. The number of ether oxygens (including phenoxy) is 2. The molecule has 1 saturated heterocycles. The van der Waals surface area contributed by atoms with Crippen molar-refractivity contribution in [2.75, 3.05) is 33.0 Å². The van der Waals surface area contributed by atoms with Gasteiger partial charge in [0.05, 0.1) is 19.8 Å². The summed E-state index contributed by atoms with van der Waals surface area (Å²) >= 11 is 0. The summed E-state index contributed by atoms with van der Waals surface area (Å²) in [6.07, 6.45) is 2.21. The summed E-state index contributed by atoms with van der Waals surface area (Å²) in [6, 6.07) is 3.30. The molecular formula is C15H22N2O3. The molecule has 1 aromatic rings. The van der Waals surface area contributed by atoms with Crippen LogP contribution in [0.15, 0.2) is 12.1 Å². The van der Waals surface area contributed by atoms with Crippen LogP contribution in [-0.2, 0) is 0 Å². The van der Waals surface area contributed by atoms with E-state index in [0.29, 0.717) is 28.7 Å². The van der Waals surface area contributed by atoms with Crippen molar-refractivity contribution in [3.05, 3.63) is 17.7 Å². The van der Waals surface area contributed by atoms with Gasteiger partial charge >= 0.3 is 0 Å². The Morgan fingerprint density at radius 2 is 1.95 bits per heavy atom. The molecule has 110 valence electrons. The first-order valence-corrected chi connectivity index (χ1v) is 6.87. The lowest BCUT2D eigenvalue weighted by Crippen LogP contribution is -2.39. The molecule has 5 nitrogen and oxygen atoms in total. The largest absolute Gasteiger partial charge is 0.493 e. The Labute approximate surface area is 119 Å². The van der Waals surface area contributed by atoms with Crippen molar-refractivity contribution in [3.63, 3.8) is 0 Å². The predicted octanol–water partition coefficient (Wildman–Crippen LogP) is 2.16. The van der Waals surface area contributed by atoms with Crippen LogP contribution in [0.4, 0.5) is 5.69 Å². The molecule has 0 bridgehead atoms. The lowest BCUT2D eigenvalue weighted by molar-refractivity contribution is 0.0683. The summed E-state index contributed by atoms with van der Waals surface area (Å²) in [5, 5.41) is 0. The van der Waals surface area contributed by atoms with Crippen LogP contribution in [0.2, 0.25) is 0 Å². The number of likely N-dealkylation sites (tertiary alicyclic amines) is 1. The van der Waals surface area contributed by atoms with Crippen molar-refractivity contribution >= 4 is 11.6 Å². The molecule has 1 heterocycles. The SMILES string of the molecule is COc1cc(N)c(C(=O)N2CCC[C@H](C)C2)cc1OC. The van der Waals surface area contributed by atoms with Gasteiger partial charge in [-0.3, -0.25) is 4.79 Å². The normalized spacial score (nSPS) is 18.8. The van der Waals surface area contributed by atoms with Crippen LogP contribution in [0.25, 0.3) is 0 Å². The highest BCUT2D eigenvalue weighted by Gasteiger charge is 2.24. The molecule has 0 spiro atoms. The summed E-state index contributed by atoms with van der Waals surface area (Å²) in [5.41, 5.74) is 6.88. The van der Waals surface area contributed by atoms with Gasteiger partial charge in [0.25, 0.3) is 5.91 Å². The molecule has 1 aromatic carbocycles. The zero-order valence-electron chi connectivity index (χ0n) is 12.3. The van der Waals surface area contributed by atoms with Gasteiger partial charge in [0.1, 0.15) is 0 Å². The fraction of sp³-hybridized carbons (Fsp3) is 0.533. The van der Waals surface area contributed by atoms with Crippen LogP contribution < -0.4 is 15.2 Å². The van der Waals surface area contributed by atoms with E-state index in [1.807, 2.05) is 4.90 Å². The van der Waals surface area contributed by atoms with Crippen LogP contribution in [0.3, 0.4) is 0 Å². The van der Waals surface area contributed by atoms with Gasteiger partial charge in [0.15, 0.2) is 11.5 Å². The Morgan fingerprint density at radius 3 is 2.55 bits per heavy atom. The van der Waals surface area contributed by atoms with Crippen LogP contribution >= 0.6 is 0 Å². The van der Waals surface area contributed by atoms with Crippen molar-refractivity contribution in [1.82, 2.24) is 4.90 Å². The molecule has 0 radical (unpaired) electrons. The number of hydrogen-bond donors (Lipinski definition) is 1. The molecule has 1 aliphatic heterocycles. The Hall–Kier alpha value is -1.91. The molecule has 0 aromatic heterocycles. The summed E-state index contributed by atoms with van der Waals surface area (Å²) in [7, 11) is 3.09. The number of carbonyl (C=O) groups excluding carboxylic acids is 1. The Morgan fingerprint density at radius 1 is 1.30 bits per heavy atom. The number of anilines is 1.